The minimum absolute atomic E-state index is 0.0424. The molecule has 1 fully saturated rings. The molecule has 0 aromatic heterocycles. The second-order valence-electron chi connectivity index (χ2n) is 14.1. The molecule has 1 aromatic rings. The zero-order valence-electron chi connectivity index (χ0n) is 25.5. The van der Waals surface area contributed by atoms with Gasteiger partial charge in [0, 0.05) is 28.6 Å². The van der Waals surface area contributed by atoms with E-state index in [2.05, 4.69) is 38.3 Å². The van der Waals surface area contributed by atoms with Crippen LogP contribution in [0, 0.1) is 11.8 Å². The third-order valence-corrected chi connectivity index (χ3v) is 9.68. The molecule has 4 aliphatic rings. The number of Topliss-reactive ketones (excluding diaryl/α,β-unsaturated/α-hetero) is 2. The second kappa shape index (κ2) is 9.78. The number of aliphatic hydroxyl groups excluding tert-OH is 3. The smallest absolute Gasteiger partial charge is 0.255 e. The number of aliphatic hydroxyl groups is 4. The molecule has 0 saturated carbocycles. The lowest BCUT2D eigenvalue weighted by Crippen LogP contribution is -2.68. The third-order valence-electron chi connectivity index (χ3n) is 9.68. The Kier molecular flexibility index (Phi) is 7.05. The Labute approximate surface area is 250 Å². The van der Waals surface area contributed by atoms with Gasteiger partial charge in [-0.2, -0.15) is 0 Å². The number of carbonyl (C=O) groups is 3. The molecule has 0 spiro atoms. The molecule has 0 radical (unpaired) electrons. The summed E-state index contributed by atoms with van der Waals surface area (Å²) in [5, 5.41) is 64.5. The molecule has 12 nitrogen and oxygen atoms in total. The maximum Gasteiger partial charge on any atom is 0.255 e. The van der Waals surface area contributed by atoms with E-state index in [0.29, 0.717) is 11.3 Å². The molecule has 43 heavy (non-hydrogen) atoms. The van der Waals surface area contributed by atoms with Crippen LogP contribution in [0.1, 0.15) is 69.3 Å². The molecule has 3 aliphatic carbocycles. The maximum atomic E-state index is 14.1. The number of phenolic OH excluding ortho intramolecular Hbond substituents is 1. The first-order valence-electron chi connectivity index (χ1n) is 14.5. The SMILES string of the molecule is CC1c2ccc(NC3CC(C)(C)NC(C)(C)C3)c(O)c2C(=O)C2=C(O)C3(O)C(=O)C(C(N)=O)=C(O)C(N(C)C)C3C(O)C21. The van der Waals surface area contributed by atoms with Crippen LogP contribution < -0.4 is 16.4 Å². The monoisotopic (exact) mass is 598 g/mol. The predicted molar refractivity (Wildman–Crippen MR) is 158 cm³/mol. The number of hydrogen-bond donors (Lipinski definition) is 8. The van der Waals surface area contributed by atoms with Crippen molar-refractivity contribution in [2.45, 2.75) is 88.2 Å². The molecule has 12 heteroatoms. The van der Waals surface area contributed by atoms with Crippen molar-refractivity contribution in [3.63, 3.8) is 0 Å². The van der Waals surface area contributed by atoms with Crippen molar-refractivity contribution in [1.29, 1.82) is 0 Å². The third kappa shape index (κ3) is 4.45. The van der Waals surface area contributed by atoms with Gasteiger partial charge >= 0.3 is 0 Å². The van der Waals surface area contributed by atoms with E-state index in [4.69, 9.17) is 5.73 Å². The number of nitrogens with two attached hydrogens (primary N) is 1. The Morgan fingerprint density at radius 1 is 1.07 bits per heavy atom. The number of hydrogen-bond acceptors (Lipinski definition) is 11. The first-order valence-corrected chi connectivity index (χ1v) is 14.5. The van der Waals surface area contributed by atoms with Gasteiger partial charge in [0.15, 0.2) is 11.4 Å². The van der Waals surface area contributed by atoms with Gasteiger partial charge < -0.3 is 41.9 Å². The van der Waals surface area contributed by atoms with E-state index in [1.54, 1.807) is 19.1 Å². The van der Waals surface area contributed by atoms with Crippen LogP contribution in [0.25, 0.3) is 0 Å². The Balaban J connectivity index is 1.64. The summed E-state index contributed by atoms with van der Waals surface area (Å²) in [5.41, 5.74) is 1.33. The van der Waals surface area contributed by atoms with Crippen LogP contribution in [0.4, 0.5) is 5.69 Å². The van der Waals surface area contributed by atoms with Crippen LogP contribution in [-0.2, 0) is 9.59 Å². The number of rotatable bonds is 4. The number of aromatic hydroxyl groups is 1. The normalized spacial score (nSPS) is 33.7. The second-order valence-corrected chi connectivity index (χ2v) is 14.1. The first kappa shape index (κ1) is 31.0. The number of phenols is 1. The fourth-order valence-electron chi connectivity index (χ4n) is 8.38. The van der Waals surface area contributed by atoms with Crippen LogP contribution in [0.3, 0.4) is 0 Å². The Morgan fingerprint density at radius 2 is 1.65 bits per heavy atom. The van der Waals surface area contributed by atoms with Crippen molar-refractivity contribution in [2.24, 2.45) is 17.6 Å². The highest BCUT2D eigenvalue weighted by Crippen LogP contribution is 2.56. The summed E-state index contributed by atoms with van der Waals surface area (Å²) in [4.78, 5) is 41.3. The molecule has 1 aromatic carbocycles. The lowest BCUT2D eigenvalue weighted by Gasteiger charge is -2.53. The highest BCUT2D eigenvalue weighted by Gasteiger charge is 2.67. The molecule has 6 atom stereocenters. The highest BCUT2D eigenvalue weighted by atomic mass is 16.4. The quantitative estimate of drug-likeness (QED) is 0.184. The number of amides is 1. The zero-order chi connectivity index (χ0) is 32.1. The van der Waals surface area contributed by atoms with Gasteiger partial charge in [0.25, 0.3) is 5.91 Å². The van der Waals surface area contributed by atoms with E-state index in [1.165, 1.54) is 19.0 Å². The molecule has 1 aliphatic heterocycles. The summed E-state index contributed by atoms with van der Waals surface area (Å²) in [7, 11) is 3.00. The van der Waals surface area contributed by atoms with Crippen molar-refractivity contribution in [3.05, 3.63) is 45.9 Å². The van der Waals surface area contributed by atoms with Crippen molar-refractivity contribution < 1.29 is 39.9 Å². The van der Waals surface area contributed by atoms with Crippen LogP contribution in [0.15, 0.2) is 34.8 Å². The van der Waals surface area contributed by atoms with Crippen molar-refractivity contribution in [2.75, 3.05) is 19.4 Å². The number of nitrogens with zero attached hydrogens (tertiary/aromatic N) is 1. The summed E-state index contributed by atoms with van der Waals surface area (Å²) >= 11 is 0. The number of anilines is 1. The number of piperidine rings is 1. The average molecular weight is 599 g/mol. The molecule has 1 heterocycles. The van der Waals surface area contributed by atoms with Crippen molar-refractivity contribution in [3.8, 4) is 5.75 Å². The molecule has 234 valence electrons. The summed E-state index contributed by atoms with van der Waals surface area (Å²) in [5.74, 6) is -9.03. The molecular weight excluding hydrogens is 556 g/mol. The Hall–Kier alpha value is -3.45. The lowest BCUT2D eigenvalue weighted by atomic mass is 9.55. The fraction of sp³-hybridized carbons (Fsp3) is 0.581. The number of likely N-dealkylation sites (N-methyl/N-ethyl adjacent to an activating group) is 1. The maximum absolute atomic E-state index is 14.1. The number of carbonyl (C=O) groups excluding carboxylic acids is 3. The standard InChI is InChI=1S/C31H42N4O8/c1-12-14-8-9-15(33-13-10-29(2,3)34-30(4,5)11-13)22(36)17(14)23(37)18-16(12)24(38)20-21(35(6)7)25(39)19(28(32)42)27(41)31(20,43)26(18)40/h8-9,12-13,16,20-21,24,33-34,36,38-40,43H,10-11H2,1-7H3,(H2,32,42). The van der Waals surface area contributed by atoms with Crippen molar-refractivity contribution in [1.82, 2.24) is 10.2 Å². The molecule has 0 bridgehead atoms. The number of benzene rings is 1. The van der Waals surface area contributed by atoms with Gasteiger partial charge in [0.05, 0.1) is 29.3 Å². The van der Waals surface area contributed by atoms with Gasteiger partial charge in [-0.05, 0) is 72.2 Å². The number of nitrogens with one attached hydrogen (secondary N) is 2. The fourth-order valence-corrected chi connectivity index (χ4v) is 8.38. The first-order chi connectivity index (χ1) is 19.7. The number of primary amides is 1. The molecule has 5 rings (SSSR count). The van der Waals surface area contributed by atoms with Crippen LogP contribution in [-0.4, -0.2) is 96.9 Å². The van der Waals surface area contributed by atoms with E-state index in [9.17, 15) is 39.9 Å². The summed E-state index contributed by atoms with van der Waals surface area (Å²) < 4.78 is 0. The highest BCUT2D eigenvalue weighted by molar-refractivity contribution is 6.25. The van der Waals surface area contributed by atoms with Gasteiger partial charge in [-0.25, -0.2) is 0 Å². The molecular formula is C31H42N4O8. The molecule has 6 unspecified atom stereocenters. The van der Waals surface area contributed by atoms with Crippen LogP contribution >= 0.6 is 0 Å². The topological polar surface area (TPSA) is 206 Å². The van der Waals surface area contributed by atoms with Gasteiger partial charge in [-0.1, -0.05) is 13.0 Å². The van der Waals surface area contributed by atoms with Gasteiger partial charge in [0.1, 0.15) is 22.8 Å². The van der Waals surface area contributed by atoms with E-state index in [0.717, 1.165) is 12.8 Å². The summed E-state index contributed by atoms with van der Waals surface area (Å²) in [6.07, 6.45) is -0.150. The van der Waals surface area contributed by atoms with Gasteiger partial charge in [0.2, 0.25) is 5.78 Å². The van der Waals surface area contributed by atoms with E-state index < -0.39 is 75.6 Å². The lowest BCUT2D eigenvalue weighted by molar-refractivity contribution is -0.162. The van der Waals surface area contributed by atoms with Crippen molar-refractivity contribution >= 4 is 23.2 Å². The molecule has 1 saturated heterocycles. The molecule has 9 N–H and O–H groups in total. The van der Waals surface area contributed by atoms with E-state index in [1.807, 2.05) is 0 Å². The number of fused-ring (bicyclic) bond motifs is 3. The van der Waals surface area contributed by atoms with Crippen LogP contribution in [0.2, 0.25) is 0 Å². The van der Waals surface area contributed by atoms with E-state index >= 15 is 0 Å². The predicted octanol–water partition coefficient (Wildman–Crippen LogP) is 1.37. The Bertz CT molecular complexity index is 1480. The summed E-state index contributed by atoms with van der Waals surface area (Å²) in [6, 6.07) is 2.03. The minimum Gasteiger partial charge on any atom is -0.510 e. The van der Waals surface area contributed by atoms with Crippen LogP contribution in [0.5, 0.6) is 5.75 Å². The largest absolute Gasteiger partial charge is 0.510 e. The molecule has 1 amide bonds. The van der Waals surface area contributed by atoms with E-state index in [-0.39, 0.29) is 28.4 Å². The summed E-state index contributed by atoms with van der Waals surface area (Å²) in [6.45, 7) is 10.1. The van der Waals surface area contributed by atoms with Gasteiger partial charge in [-0.3, -0.25) is 19.3 Å². The van der Waals surface area contributed by atoms with Gasteiger partial charge in [-0.15, -0.1) is 0 Å². The Morgan fingerprint density at radius 3 is 2.19 bits per heavy atom. The minimum atomic E-state index is -2.94. The zero-order valence-corrected chi connectivity index (χ0v) is 25.5. The number of ketones is 2. The average Bonchev–Trinajstić information content (AvgIpc) is 2.85.